The smallest absolute Gasteiger partial charge is 0.303 e. The van der Waals surface area contributed by atoms with Crippen molar-refractivity contribution in [2.24, 2.45) is 34.5 Å². The monoisotopic (exact) mass is 416 g/mol. The van der Waals surface area contributed by atoms with Crippen molar-refractivity contribution in [3.63, 3.8) is 0 Å². The van der Waals surface area contributed by atoms with Gasteiger partial charge < -0.3 is 14.9 Å². The minimum Gasteiger partial charge on any atom is -0.458 e. The van der Waals surface area contributed by atoms with Crippen LogP contribution in [-0.2, 0) is 19.1 Å². The second kappa shape index (κ2) is 6.86. The van der Waals surface area contributed by atoms with Crippen molar-refractivity contribution in [2.45, 2.75) is 65.1 Å². The molecule has 4 rings (SSSR count). The average Bonchev–Trinajstić information content (AvgIpc) is 2.93. The molecule has 0 aliphatic heterocycles. The highest BCUT2D eigenvalue weighted by Gasteiger charge is 2.68. The summed E-state index contributed by atoms with van der Waals surface area (Å²) in [6.07, 6.45) is 6.71. The predicted octanol–water partition coefficient (Wildman–Crippen LogP) is 2.37. The molecule has 4 aliphatic carbocycles. The van der Waals surface area contributed by atoms with E-state index in [1.807, 2.05) is 13.0 Å². The molecule has 0 aromatic heterocycles. The van der Waals surface area contributed by atoms with E-state index in [2.05, 4.69) is 13.8 Å². The van der Waals surface area contributed by atoms with Crippen LogP contribution >= 0.6 is 0 Å². The molecule has 0 saturated heterocycles. The van der Waals surface area contributed by atoms with Crippen LogP contribution in [0.4, 0.5) is 0 Å². The van der Waals surface area contributed by atoms with Gasteiger partial charge >= 0.3 is 5.97 Å². The Morgan fingerprint density at radius 3 is 2.67 bits per heavy atom. The molecule has 0 spiro atoms. The Hall–Kier alpha value is -1.79. The molecule has 3 saturated carbocycles. The van der Waals surface area contributed by atoms with Gasteiger partial charge in [-0.2, -0.15) is 0 Å². The van der Waals surface area contributed by atoms with E-state index in [9.17, 15) is 24.6 Å². The van der Waals surface area contributed by atoms with Crippen LogP contribution in [0, 0.1) is 34.5 Å². The highest BCUT2D eigenvalue weighted by molar-refractivity contribution is 6.01. The molecule has 0 heterocycles. The van der Waals surface area contributed by atoms with Crippen LogP contribution in [0.25, 0.3) is 0 Å². The summed E-state index contributed by atoms with van der Waals surface area (Å²) >= 11 is 0. The predicted molar refractivity (Wildman–Crippen MR) is 109 cm³/mol. The van der Waals surface area contributed by atoms with Gasteiger partial charge in [-0.3, -0.25) is 14.4 Å². The fraction of sp³-hybridized carbons (Fsp3) is 0.708. The second-order valence-electron chi connectivity index (χ2n) is 10.3. The lowest BCUT2D eigenvalue weighted by molar-refractivity contribution is -0.182. The molecule has 6 nitrogen and oxygen atoms in total. The van der Waals surface area contributed by atoms with Gasteiger partial charge in [-0.25, -0.2) is 0 Å². The van der Waals surface area contributed by atoms with Crippen LogP contribution in [0.5, 0.6) is 0 Å². The van der Waals surface area contributed by atoms with Gasteiger partial charge in [0, 0.05) is 23.7 Å². The van der Waals surface area contributed by atoms with Crippen LogP contribution in [0.2, 0.25) is 0 Å². The Kier molecular flexibility index (Phi) is 4.90. The second-order valence-corrected chi connectivity index (χ2v) is 10.3. The Morgan fingerprint density at radius 2 is 2.00 bits per heavy atom. The molecule has 6 heteroatoms. The molecule has 0 radical (unpaired) electrons. The highest BCUT2D eigenvalue weighted by atomic mass is 16.5. The van der Waals surface area contributed by atoms with E-state index in [1.54, 1.807) is 12.2 Å². The Labute approximate surface area is 177 Å². The van der Waals surface area contributed by atoms with Gasteiger partial charge in [-0.1, -0.05) is 32.4 Å². The first-order valence-electron chi connectivity index (χ1n) is 11.0. The quantitative estimate of drug-likeness (QED) is 0.685. The number of fused-ring (bicyclic) bond motifs is 5. The van der Waals surface area contributed by atoms with E-state index in [1.165, 1.54) is 6.92 Å². The van der Waals surface area contributed by atoms with Gasteiger partial charge in [-0.15, -0.1) is 0 Å². The fourth-order valence-electron chi connectivity index (χ4n) is 7.50. The van der Waals surface area contributed by atoms with Crippen molar-refractivity contribution >= 4 is 17.5 Å². The molecule has 4 aliphatic rings. The lowest BCUT2D eigenvalue weighted by Crippen LogP contribution is -2.62. The highest BCUT2D eigenvalue weighted by Crippen LogP contribution is 2.67. The molecular formula is C24H32O6. The average molecular weight is 417 g/mol. The first-order valence-corrected chi connectivity index (χ1v) is 11.0. The number of ketones is 2. The summed E-state index contributed by atoms with van der Waals surface area (Å²) in [6, 6.07) is 0. The third-order valence-electron chi connectivity index (χ3n) is 8.84. The van der Waals surface area contributed by atoms with Crippen LogP contribution in [0.15, 0.2) is 23.8 Å². The fourth-order valence-corrected chi connectivity index (χ4v) is 7.50. The van der Waals surface area contributed by atoms with Crippen molar-refractivity contribution in [3.8, 4) is 0 Å². The van der Waals surface area contributed by atoms with Crippen molar-refractivity contribution in [1.29, 1.82) is 0 Å². The molecule has 3 fully saturated rings. The van der Waals surface area contributed by atoms with E-state index < -0.39 is 40.9 Å². The number of hydrogen-bond acceptors (Lipinski definition) is 6. The molecule has 8 atom stereocenters. The zero-order valence-corrected chi connectivity index (χ0v) is 18.2. The molecular weight excluding hydrogens is 384 g/mol. The van der Waals surface area contributed by atoms with Crippen molar-refractivity contribution in [2.75, 3.05) is 6.61 Å². The van der Waals surface area contributed by atoms with Crippen molar-refractivity contribution in [1.82, 2.24) is 0 Å². The number of aliphatic hydroxyl groups excluding tert-OH is 1. The minimum atomic E-state index is -1.61. The zero-order chi connectivity index (χ0) is 22.1. The number of esters is 1. The Bertz CT molecular complexity index is 858. The molecule has 0 amide bonds. The van der Waals surface area contributed by atoms with Crippen molar-refractivity contribution < 1.29 is 29.3 Å². The van der Waals surface area contributed by atoms with Gasteiger partial charge in [0.05, 0.1) is 6.10 Å². The molecule has 2 unspecified atom stereocenters. The summed E-state index contributed by atoms with van der Waals surface area (Å²) in [4.78, 5) is 36.1. The minimum absolute atomic E-state index is 0.00535. The van der Waals surface area contributed by atoms with E-state index in [0.717, 1.165) is 12.0 Å². The van der Waals surface area contributed by atoms with Gasteiger partial charge in [-0.05, 0) is 55.6 Å². The SMILES string of the molecule is CC(=O)OCC(=O)[C@@]1(O)CC[C@H]2[C@@H]3CC(C)C4=CC(=O)C=C[C@]4(C)[C@H]3C(O)C[C@@]21C. The third-order valence-corrected chi connectivity index (χ3v) is 8.84. The van der Waals surface area contributed by atoms with E-state index in [4.69, 9.17) is 4.74 Å². The van der Waals surface area contributed by atoms with Crippen LogP contribution in [-0.4, -0.2) is 46.1 Å². The first-order chi connectivity index (χ1) is 13.9. The van der Waals surface area contributed by atoms with E-state index in [-0.39, 0.29) is 29.5 Å². The Morgan fingerprint density at radius 1 is 1.30 bits per heavy atom. The largest absolute Gasteiger partial charge is 0.458 e. The maximum atomic E-state index is 12.9. The van der Waals surface area contributed by atoms with Crippen LogP contribution in [0.1, 0.15) is 53.4 Å². The molecule has 2 N–H and O–H groups in total. The third kappa shape index (κ3) is 2.79. The molecule has 0 bridgehead atoms. The number of carbonyl (C=O) groups excluding carboxylic acids is 3. The van der Waals surface area contributed by atoms with Gasteiger partial charge in [0.1, 0.15) is 5.60 Å². The summed E-state index contributed by atoms with van der Waals surface area (Å²) in [6.45, 7) is 6.94. The number of Topliss-reactive ketones (excluding diaryl/α,β-unsaturated/α-hetero) is 1. The van der Waals surface area contributed by atoms with Crippen LogP contribution < -0.4 is 0 Å². The lowest BCUT2D eigenvalue weighted by atomic mass is 9.45. The number of hydrogen-bond donors (Lipinski definition) is 2. The summed E-state index contributed by atoms with van der Waals surface area (Å²) in [5.74, 6) is -0.712. The molecule has 164 valence electrons. The van der Waals surface area contributed by atoms with Gasteiger partial charge in [0.2, 0.25) is 5.78 Å². The normalized spacial score (nSPS) is 47.1. The maximum absolute atomic E-state index is 12.9. The van der Waals surface area contributed by atoms with Gasteiger partial charge in [0.15, 0.2) is 12.4 Å². The Balaban J connectivity index is 1.70. The number of aliphatic hydroxyl groups is 2. The maximum Gasteiger partial charge on any atom is 0.303 e. The zero-order valence-electron chi connectivity index (χ0n) is 18.2. The van der Waals surface area contributed by atoms with Crippen LogP contribution in [0.3, 0.4) is 0 Å². The van der Waals surface area contributed by atoms with E-state index in [0.29, 0.717) is 19.3 Å². The first kappa shape index (κ1) is 21.4. The van der Waals surface area contributed by atoms with E-state index >= 15 is 0 Å². The summed E-state index contributed by atoms with van der Waals surface area (Å²) < 4.78 is 4.89. The number of carbonyl (C=O) groups is 3. The number of ether oxygens (including phenoxy) is 1. The topological polar surface area (TPSA) is 101 Å². The van der Waals surface area contributed by atoms with Crippen molar-refractivity contribution in [3.05, 3.63) is 23.8 Å². The summed E-state index contributed by atoms with van der Waals surface area (Å²) in [7, 11) is 0. The summed E-state index contributed by atoms with van der Waals surface area (Å²) in [5.41, 5.74) is -1.72. The molecule has 0 aromatic carbocycles. The molecule has 30 heavy (non-hydrogen) atoms. The number of rotatable bonds is 3. The van der Waals surface area contributed by atoms with Gasteiger partial charge in [0.25, 0.3) is 0 Å². The standard InChI is InChI=1S/C24H32O6/c1-13-9-16-17-6-8-24(29,20(28)12-30-14(2)25)23(17,4)11-19(27)21(16)22(3)7-5-15(26)10-18(13)22/h5,7,10,13,16-17,19,21,27,29H,6,8-9,11-12H2,1-4H3/t13?,16-,17-,19?,21+,22-,23-,24-/m0/s1. The molecule has 0 aromatic rings. The summed E-state index contributed by atoms with van der Waals surface area (Å²) in [5, 5.41) is 22.9. The lowest BCUT2D eigenvalue weighted by Gasteiger charge is -2.60. The number of allylic oxidation sites excluding steroid dienone is 4.